The highest BCUT2D eigenvalue weighted by Crippen LogP contribution is 2.15. The number of nitrogens with zero attached hydrogens (tertiary/aromatic N) is 4. The van der Waals surface area contributed by atoms with Crippen molar-refractivity contribution < 1.29 is 0 Å². The van der Waals surface area contributed by atoms with Crippen LogP contribution < -0.4 is 10.6 Å². The second-order valence-electron chi connectivity index (χ2n) is 6.67. The van der Waals surface area contributed by atoms with E-state index in [0.717, 1.165) is 43.4 Å². The second kappa shape index (κ2) is 13.5. The highest BCUT2D eigenvalue weighted by Gasteiger charge is 2.07. The molecule has 156 valence electrons. The molecule has 0 bridgehead atoms. The molecule has 0 saturated carbocycles. The quantitative estimate of drug-likeness (QED) is 0.266. The maximum atomic E-state index is 4.35. The molecule has 8 heteroatoms. The van der Waals surface area contributed by atoms with Gasteiger partial charge in [0.05, 0.1) is 0 Å². The van der Waals surface area contributed by atoms with Crippen LogP contribution in [0.25, 0.3) is 11.4 Å². The predicted octanol–water partition coefficient (Wildman–Crippen LogP) is 3.27. The molecule has 1 aromatic heterocycles. The molecule has 3 N–H and O–H groups in total. The number of nitrogens with one attached hydrogen (secondary N) is 3. The van der Waals surface area contributed by atoms with E-state index in [4.69, 9.17) is 0 Å². The Labute approximate surface area is 185 Å². The summed E-state index contributed by atoms with van der Waals surface area (Å²) >= 11 is 0. The first-order valence-electron chi connectivity index (χ1n) is 9.80. The molecule has 0 radical (unpaired) electrons. The molecule has 1 unspecified atom stereocenters. The topological polar surface area (TPSA) is 81.2 Å². The van der Waals surface area contributed by atoms with Crippen LogP contribution in [-0.2, 0) is 6.54 Å². The Morgan fingerprint density at radius 2 is 2.07 bits per heavy atom. The van der Waals surface area contributed by atoms with Gasteiger partial charge >= 0.3 is 0 Å². The minimum Gasteiger partial charge on any atom is -0.354 e. The van der Waals surface area contributed by atoms with Crippen molar-refractivity contribution in [3.63, 3.8) is 0 Å². The molecular formula is C20H34IN7. The number of hydrogen-bond acceptors (Lipinski definition) is 4. The number of guanidine groups is 1. The number of hydrogen-bond donors (Lipinski definition) is 3. The normalized spacial score (nSPS) is 12.5. The Bertz CT molecular complexity index is 684. The zero-order valence-electron chi connectivity index (χ0n) is 17.4. The third-order valence-electron chi connectivity index (χ3n) is 4.69. The van der Waals surface area contributed by atoms with Gasteiger partial charge in [-0.1, -0.05) is 32.0 Å². The van der Waals surface area contributed by atoms with Crippen molar-refractivity contribution in [1.82, 2.24) is 30.7 Å². The van der Waals surface area contributed by atoms with E-state index in [1.807, 2.05) is 19.2 Å². The van der Waals surface area contributed by atoms with Crippen LogP contribution in [0.5, 0.6) is 0 Å². The summed E-state index contributed by atoms with van der Waals surface area (Å²) in [5.74, 6) is 1.61. The average molecular weight is 499 g/mol. The molecule has 2 rings (SSSR count). The zero-order chi connectivity index (χ0) is 19.5. The van der Waals surface area contributed by atoms with Crippen molar-refractivity contribution in [3.8, 4) is 11.4 Å². The second-order valence-corrected chi connectivity index (χ2v) is 6.67. The van der Waals surface area contributed by atoms with E-state index < -0.39 is 0 Å². The van der Waals surface area contributed by atoms with E-state index in [0.29, 0.717) is 12.6 Å². The van der Waals surface area contributed by atoms with Crippen LogP contribution in [-0.4, -0.2) is 58.8 Å². The fourth-order valence-corrected chi connectivity index (χ4v) is 3.02. The van der Waals surface area contributed by atoms with Crippen molar-refractivity contribution in [2.45, 2.75) is 46.2 Å². The minimum absolute atomic E-state index is 0. The Hall–Kier alpha value is -1.68. The number of aliphatic imine (C=N–C) groups is 1. The molecule has 0 spiro atoms. The fourth-order valence-electron chi connectivity index (χ4n) is 3.02. The maximum absolute atomic E-state index is 4.35. The third kappa shape index (κ3) is 8.14. The van der Waals surface area contributed by atoms with Gasteiger partial charge in [-0.3, -0.25) is 10.1 Å². The summed E-state index contributed by atoms with van der Waals surface area (Å²) < 4.78 is 0. The molecule has 0 aliphatic heterocycles. The van der Waals surface area contributed by atoms with Gasteiger partial charge in [0.2, 0.25) is 0 Å². The van der Waals surface area contributed by atoms with Crippen molar-refractivity contribution in [3.05, 3.63) is 36.2 Å². The molecule has 0 aliphatic rings. The predicted molar refractivity (Wildman–Crippen MR) is 127 cm³/mol. The van der Waals surface area contributed by atoms with Gasteiger partial charge in [-0.25, -0.2) is 4.98 Å². The van der Waals surface area contributed by atoms with Gasteiger partial charge < -0.3 is 15.5 Å². The van der Waals surface area contributed by atoms with E-state index in [9.17, 15) is 0 Å². The lowest BCUT2D eigenvalue weighted by atomic mass is 10.1. The number of aromatic nitrogens is 3. The molecular weight excluding hydrogens is 465 g/mol. The van der Waals surface area contributed by atoms with Crippen LogP contribution in [0.4, 0.5) is 0 Å². The van der Waals surface area contributed by atoms with E-state index in [-0.39, 0.29) is 24.0 Å². The minimum atomic E-state index is 0. The molecule has 0 amide bonds. The van der Waals surface area contributed by atoms with Gasteiger partial charge in [-0.2, -0.15) is 5.10 Å². The van der Waals surface area contributed by atoms with Crippen molar-refractivity contribution in [2.24, 2.45) is 4.99 Å². The molecule has 1 heterocycles. The van der Waals surface area contributed by atoms with Crippen LogP contribution in [0.2, 0.25) is 0 Å². The Kier molecular flexibility index (Phi) is 11.7. The average Bonchev–Trinajstić information content (AvgIpc) is 3.23. The van der Waals surface area contributed by atoms with Gasteiger partial charge in [0.25, 0.3) is 0 Å². The first kappa shape index (κ1) is 24.4. The molecule has 2 aromatic rings. The van der Waals surface area contributed by atoms with E-state index in [1.54, 1.807) is 0 Å². The van der Waals surface area contributed by atoms with Gasteiger partial charge in [-0.15, -0.1) is 24.0 Å². The number of benzene rings is 1. The highest BCUT2D eigenvalue weighted by atomic mass is 127. The van der Waals surface area contributed by atoms with Crippen LogP contribution in [0.1, 0.15) is 39.2 Å². The summed E-state index contributed by atoms with van der Waals surface area (Å²) in [6.45, 7) is 10.7. The monoisotopic (exact) mass is 499 g/mol. The van der Waals surface area contributed by atoms with Crippen LogP contribution >= 0.6 is 24.0 Å². The molecule has 0 fully saturated rings. The summed E-state index contributed by atoms with van der Waals surface area (Å²) in [6.07, 6.45) is 3.83. The zero-order valence-corrected chi connectivity index (χ0v) is 19.7. The summed E-state index contributed by atoms with van der Waals surface area (Å²) in [7, 11) is 1.81. The van der Waals surface area contributed by atoms with E-state index in [2.05, 4.69) is 68.6 Å². The largest absolute Gasteiger partial charge is 0.354 e. The lowest BCUT2D eigenvalue weighted by Gasteiger charge is -2.21. The smallest absolute Gasteiger partial charge is 0.191 e. The summed E-state index contributed by atoms with van der Waals surface area (Å²) in [5, 5.41) is 13.7. The standard InChI is InChI=1S/C20H33N7.HI/c1-5-27(6-2)12-8-9-16(3)25-20(21-4)22-14-17-10-7-11-18(13-17)19-23-15-24-26-19;/h7,10-11,13,15-16H,5-6,8-9,12,14H2,1-4H3,(H2,21,22,25)(H,23,24,26);1H. The number of halogens is 1. The highest BCUT2D eigenvalue weighted by molar-refractivity contribution is 14.0. The molecule has 0 saturated heterocycles. The lowest BCUT2D eigenvalue weighted by molar-refractivity contribution is 0.292. The molecule has 28 heavy (non-hydrogen) atoms. The first-order valence-corrected chi connectivity index (χ1v) is 9.80. The third-order valence-corrected chi connectivity index (χ3v) is 4.69. The van der Waals surface area contributed by atoms with Gasteiger partial charge in [0, 0.05) is 25.2 Å². The SMILES string of the molecule is CCN(CC)CCCC(C)NC(=NC)NCc1cccc(-c2ncn[nH]2)c1.I. The maximum Gasteiger partial charge on any atom is 0.191 e. The molecule has 7 nitrogen and oxygen atoms in total. The number of rotatable bonds is 10. The molecule has 1 aromatic carbocycles. The van der Waals surface area contributed by atoms with Gasteiger partial charge in [0.1, 0.15) is 6.33 Å². The Morgan fingerprint density at radius 3 is 2.71 bits per heavy atom. The van der Waals surface area contributed by atoms with Gasteiger partial charge in [0.15, 0.2) is 11.8 Å². The van der Waals surface area contributed by atoms with Crippen LogP contribution in [0, 0.1) is 0 Å². The van der Waals surface area contributed by atoms with Crippen LogP contribution in [0.3, 0.4) is 0 Å². The number of aromatic amines is 1. The summed E-state index contributed by atoms with van der Waals surface area (Å²) in [6, 6.07) is 8.63. The molecule has 0 aliphatic carbocycles. The fraction of sp³-hybridized carbons (Fsp3) is 0.550. The lowest BCUT2D eigenvalue weighted by Crippen LogP contribution is -2.42. The first-order chi connectivity index (χ1) is 13.2. The molecule has 1 atom stereocenters. The Balaban J connectivity index is 0.00000392. The van der Waals surface area contributed by atoms with Crippen molar-refractivity contribution in [2.75, 3.05) is 26.7 Å². The van der Waals surface area contributed by atoms with Crippen molar-refractivity contribution in [1.29, 1.82) is 0 Å². The van der Waals surface area contributed by atoms with Crippen molar-refractivity contribution >= 4 is 29.9 Å². The van der Waals surface area contributed by atoms with E-state index >= 15 is 0 Å². The summed E-state index contributed by atoms with van der Waals surface area (Å²) in [4.78, 5) is 11.0. The summed E-state index contributed by atoms with van der Waals surface area (Å²) in [5.41, 5.74) is 2.19. The van der Waals surface area contributed by atoms with Crippen LogP contribution in [0.15, 0.2) is 35.6 Å². The van der Waals surface area contributed by atoms with E-state index in [1.165, 1.54) is 18.3 Å². The number of H-pyrrole nitrogens is 1. The van der Waals surface area contributed by atoms with Gasteiger partial charge in [-0.05, 0) is 51.0 Å². The Morgan fingerprint density at radius 1 is 1.29 bits per heavy atom.